The number of piperidine rings is 1. The number of likely N-dealkylation sites (tertiary alicyclic amines) is 1. The molecule has 0 aliphatic carbocycles. The van der Waals surface area contributed by atoms with Crippen LogP contribution >= 0.6 is 0 Å². The van der Waals surface area contributed by atoms with E-state index < -0.39 is 0 Å². The highest BCUT2D eigenvalue weighted by atomic mass is 16.5. The van der Waals surface area contributed by atoms with Crippen molar-refractivity contribution < 1.29 is 9.53 Å². The largest absolute Gasteiger partial charge is 0.376 e. The Labute approximate surface area is 152 Å². The van der Waals surface area contributed by atoms with Gasteiger partial charge in [0, 0.05) is 40.3 Å². The minimum Gasteiger partial charge on any atom is -0.376 e. The maximum Gasteiger partial charge on any atom is 0.243 e. The quantitative estimate of drug-likeness (QED) is 0.520. The molecule has 0 radical (unpaired) electrons. The number of amides is 1. The molecule has 1 unspecified atom stereocenters. The van der Waals surface area contributed by atoms with Crippen molar-refractivity contribution in [2.24, 2.45) is 4.99 Å². The fourth-order valence-corrected chi connectivity index (χ4v) is 3.16. The van der Waals surface area contributed by atoms with E-state index in [1.165, 1.54) is 38.8 Å². The average molecular weight is 354 g/mol. The normalized spacial score (nSPS) is 22.5. The summed E-state index contributed by atoms with van der Waals surface area (Å²) in [5, 5.41) is 6.72. The maximum absolute atomic E-state index is 11.8. The predicted octanol–water partition coefficient (Wildman–Crippen LogP) is 0.665. The summed E-state index contributed by atoms with van der Waals surface area (Å²) in [6, 6.07) is 0. The van der Waals surface area contributed by atoms with E-state index in [9.17, 15) is 4.79 Å². The van der Waals surface area contributed by atoms with E-state index in [0.29, 0.717) is 5.96 Å². The first-order chi connectivity index (χ1) is 12.1. The van der Waals surface area contributed by atoms with E-state index in [1.807, 2.05) is 0 Å². The molecule has 0 aromatic heterocycles. The van der Waals surface area contributed by atoms with Gasteiger partial charge in [0.2, 0.25) is 5.91 Å². The van der Waals surface area contributed by atoms with Gasteiger partial charge in [-0.25, -0.2) is 4.99 Å². The van der Waals surface area contributed by atoms with Crippen molar-refractivity contribution in [2.75, 3.05) is 60.0 Å². The Bertz CT molecular complexity index is 416. The molecule has 0 aromatic rings. The number of carbonyl (C=O) groups excluding carboxylic acids is 1. The summed E-state index contributed by atoms with van der Waals surface area (Å²) in [5.74, 6) is 0.715. The van der Waals surface area contributed by atoms with Crippen molar-refractivity contribution in [1.29, 1.82) is 0 Å². The average Bonchev–Trinajstić information content (AvgIpc) is 2.64. The lowest BCUT2D eigenvalue weighted by atomic mass is 10.1. The fraction of sp³-hybridized carbons (Fsp3) is 0.889. The first kappa shape index (κ1) is 20.0. The van der Waals surface area contributed by atoms with Crippen LogP contribution in [0.3, 0.4) is 0 Å². The van der Waals surface area contributed by atoms with Crippen LogP contribution in [0.15, 0.2) is 4.99 Å². The second kappa shape index (κ2) is 11.3. The second-order valence-electron chi connectivity index (χ2n) is 7.15. The third-order valence-corrected chi connectivity index (χ3v) is 4.81. The monoisotopic (exact) mass is 353 g/mol. The van der Waals surface area contributed by atoms with E-state index in [-0.39, 0.29) is 18.6 Å². The van der Waals surface area contributed by atoms with Gasteiger partial charge in [-0.15, -0.1) is 0 Å². The molecule has 2 N–H and O–H groups in total. The van der Waals surface area contributed by atoms with Gasteiger partial charge in [0.05, 0.1) is 6.10 Å². The second-order valence-corrected chi connectivity index (χ2v) is 7.15. The minimum atomic E-state index is 0.00560. The number of hydrogen-bond donors (Lipinski definition) is 2. The Hall–Kier alpha value is -1.34. The summed E-state index contributed by atoms with van der Waals surface area (Å²) in [6.07, 6.45) is 7.66. The Balaban J connectivity index is 1.77. The van der Waals surface area contributed by atoms with Crippen molar-refractivity contribution >= 4 is 11.9 Å². The van der Waals surface area contributed by atoms with Gasteiger partial charge in [-0.1, -0.05) is 6.42 Å². The fourth-order valence-electron chi connectivity index (χ4n) is 3.16. The lowest BCUT2D eigenvalue weighted by molar-refractivity contribution is -0.127. The lowest BCUT2D eigenvalue weighted by Gasteiger charge is -2.27. The van der Waals surface area contributed by atoms with Crippen LogP contribution < -0.4 is 10.6 Å². The molecule has 2 aliphatic heterocycles. The van der Waals surface area contributed by atoms with Crippen LogP contribution in [0.5, 0.6) is 0 Å². The lowest BCUT2D eigenvalue weighted by Crippen LogP contribution is -2.46. The molecule has 1 atom stereocenters. The molecule has 2 aliphatic rings. The molecule has 7 heteroatoms. The molecule has 2 heterocycles. The van der Waals surface area contributed by atoms with E-state index in [0.717, 1.165) is 39.1 Å². The molecule has 0 bridgehead atoms. The summed E-state index contributed by atoms with van der Waals surface area (Å²) in [4.78, 5) is 20.3. The highest BCUT2D eigenvalue weighted by molar-refractivity contribution is 5.84. The third-order valence-electron chi connectivity index (χ3n) is 4.81. The van der Waals surface area contributed by atoms with Crippen LogP contribution in [-0.4, -0.2) is 87.7 Å². The summed E-state index contributed by atoms with van der Waals surface area (Å²) in [5.41, 5.74) is 0. The van der Waals surface area contributed by atoms with E-state index in [2.05, 4.69) is 20.5 Å². The summed E-state index contributed by atoms with van der Waals surface area (Å²) in [7, 11) is 3.51. The van der Waals surface area contributed by atoms with Crippen LogP contribution in [0.4, 0.5) is 0 Å². The van der Waals surface area contributed by atoms with Gasteiger partial charge in [-0.2, -0.15) is 0 Å². The van der Waals surface area contributed by atoms with E-state index in [1.54, 1.807) is 19.0 Å². The number of carbonyl (C=O) groups is 1. The number of nitrogens with zero attached hydrogens (tertiary/aromatic N) is 3. The Morgan fingerprint density at radius 3 is 2.64 bits per heavy atom. The third kappa shape index (κ3) is 8.05. The molecule has 0 saturated carbocycles. The zero-order valence-electron chi connectivity index (χ0n) is 15.9. The van der Waals surface area contributed by atoms with Crippen molar-refractivity contribution in [3.63, 3.8) is 0 Å². The predicted molar refractivity (Wildman–Crippen MR) is 101 cm³/mol. The van der Waals surface area contributed by atoms with Crippen molar-refractivity contribution in [3.05, 3.63) is 0 Å². The van der Waals surface area contributed by atoms with Gasteiger partial charge in [0.25, 0.3) is 0 Å². The van der Waals surface area contributed by atoms with Gasteiger partial charge in [0.15, 0.2) is 5.96 Å². The minimum absolute atomic E-state index is 0.00560. The topological polar surface area (TPSA) is 69.2 Å². The number of nitrogens with one attached hydrogen (secondary N) is 2. The maximum atomic E-state index is 11.8. The van der Waals surface area contributed by atoms with E-state index in [4.69, 9.17) is 4.74 Å². The number of ether oxygens (including phenoxy) is 1. The first-order valence-corrected chi connectivity index (χ1v) is 9.71. The molecule has 25 heavy (non-hydrogen) atoms. The van der Waals surface area contributed by atoms with Gasteiger partial charge in [0.1, 0.15) is 6.54 Å². The molecule has 2 rings (SSSR count). The van der Waals surface area contributed by atoms with Crippen LogP contribution in [0, 0.1) is 0 Å². The van der Waals surface area contributed by atoms with E-state index >= 15 is 0 Å². The van der Waals surface area contributed by atoms with Gasteiger partial charge >= 0.3 is 0 Å². The molecule has 2 fully saturated rings. The van der Waals surface area contributed by atoms with Crippen LogP contribution in [0.2, 0.25) is 0 Å². The van der Waals surface area contributed by atoms with Crippen LogP contribution in [0.25, 0.3) is 0 Å². The van der Waals surface area contributed by atoms with Gasteiger partial charge in [-0.05, 0) is 45.2 Å². The Morgan fingerprint density at radius 2 is 1.96 bits per heavy atom. The van der Waals surface area contributed by atoms with Crippen molar-refractivity contribution in [2.45, 2.75) is 44.6 Å². The number of aliphatic imine (C=N–C) groups is 1. The zero-order valence-corrected chi connectivity index (χ0v) is 15.9. The summed E-state index contributed by atoms with van der Waals surface area (Å²) in [6.45, 7) is 5.99. The Morgan fingerprint density at radius 1 is 1.16 bits per heavy atom. The SMILES string of the molecule is CN(C)C(=O)CN=C(NCCN1CCCCC1)NCC1CCCCO1. The highest BCUT2D eigenvalue weighted by Gasteiger charge is 2.15. The highest BCUT2D eigenvalue weighted by Crippen LogP contribution is 2.11. The molecule has 144 valence electrons. The number of rotatable bonds is 7. The van der Waals surface area contributed by atoms with Gasteiger partial charge < -0.3 is 25.2 Å². The Kier molecular flexibility index (Phi) is 9.04. The number of likely N-dealkylation sites (N-methyl/N-ethyl adjacent to an activating group) is 1. The molecule has 0 aromatic carbocycles. The molecular formula is C18H35N5O2. The molecule has 7 nitrogen and oxygen atoms in total. The standard InChI is InChI=1S/C18H35N5O2/c1-22(2)17(24)15-21-18(20-14-16-8-4-7-13-25-16)19-9-12-23-10-5-3-6-11-23/h16H,3-15H2,1-2H3,(H2,19,20,21). The molecule has 1 amide bonds. The first-order valence-electron chi connectivity index (χ1n) is 9.71. The summed E-state index contributed by atoms with van der Waals surface area (Å²) >= 11 is 0. The number of hydrogen-bond acceptors (Lipinski definition) is 4. The molecular weight excluding hydrogens is 318 g/mol. The number of guanidine groups is 1. The van der Waals surface area contributed by atoms with Crippen molar-refractivity contribution in [3.8, 4) is 0 Å². The molecule has 2 saturated heterocycles. The zero-order chi connectivity index (χ0) is 17.9. The molecule has 0 spiro atoms. The van der Waals surface area contributed by atoms with Crippen LogP contribution in [0.1, 0.15) is 38.5 Å². The van der Waals surface area contributed by atoms with Crippen LogP contribution in [-0.2, 0) is 9.53 Å². The smallest absolute Gasteiger partial charge is 0.243 e. The van der Waals surface area contributed by atoms with Gasteiger partial charge in [-0.3, -0.25) is 4.79 Å². The summed E-state index contributed by atoms with van der Waals surface area (Å²) < 4.78 is 5.76. The van der Waals surface area contributed by atoms with Crippen molar-refractivity contribution in [1.82, 2.24) is 20.4 Å².